The van der Waals surface area contributed by atoms with Crippen LogP contribution in [0.5, 0.6) is 0 Å². The number of urea groups is 1. The van der Waals surface area contributed by atoms with E-state index in [2.05, 4.69) is 11.2 Å². The first kappa shape index (κ1) is 14.9. The van der Waals surface area contributed by atoms with Gasteiger partial charge in [0, 0.05) is 44.1 Å². The predicted octanol–water partition coefficient (Wildman–Crippen LogP) is 2.52. The van der Waals surface area contributed by atoms with Gasteiger partial charge in [-0.2, -0.15) is 5.26 Å². The molecule has 22 heavy (non-hydrogen) atoms. The highest BCUT2D eigenvalue weighted by molar-refractivity contribution is 5.74. The minimum absolute atomic E-state index is 0.115. The lowest BCUT2D eigenvalue weighted by Gasteiger charge is -2.37. The van der Waals surface area contributed by atoms with Gasteiger partial charge in [0.15, 0.2) is 0 Å². The molecule has 6 nitrogen and oxygen atoms in total. The van der Waals surface area contributed by atoms with Gasteiger partial charge < -0.3 is 14.3 Å². The van der Waals surface area contributed by atoms with Crippen molar-refractivity contribution < 1.29 is 9.32 Å². The third-order valence-corrected chi connectivity index (χ3v) is 4.76. The number of hydrogen-bond donors (Lipinski definition) is 0. The van der Waals surface area contributed by atoms with Crippen molar-refractivity contribution in [3.8, 4) is 6.07 Å². The van der Waals surface area contributed by atoms with E-state index in [4.69, 9.17) is 9.78 Å². The topological polar surface area (TPSA) is 73.4 Å². The predicted molar refractivity (Wildman–Crippen MR) is 80.1 cm³/mol. The number of piperidine rings is 2. The number of carbonyl (C=O) groups is 1. The third kappa shape index (κ3) is 3.08. The Morgan fingerprint density at radius 2 is 1.82 bits per heavy atom. The van der Waals surface area contributed by atoms with Crippen molar-refractivity contribution in [3.63, 3.8) is 0 Å². The van der Waals surface area contributed by atoms with Gasteiger partial charge in [-0.15, -0.1) is 0 Å². The molecule has 2 aliphatic rings. The van der Waals surface area contributed by atoms with Crippen LogP contribution in [-0.4, -0.2) is 47.2 Å². The molecular weight excluding hydrogens is 280 g/mol. The highest BCUT2D eigenvalue weighted by atomic mass is 16.5. The third-order valence-electron chi connectivity index (χ3n) is 4.76. The summed E-state index contributed by atoms with van der Waals surface area (Å²) in [5.41, 5.74) is 0.911. The van der Waals surface area contributed by atoms with E-state index in [0.29, 0.717) is 19.0 Å². The van der Waals surface area contributed by atoms with Gasteiger partial charge in [0.25, 0.3) is 0 Å². The van der Waals surface area contributed by atoms with Gasteiger partial charge in [-0.1, -0.05) is 5.16 Å². The van der Waals surface area contributed by atoms with Crippen LogP contribution in [0.1, 0.15) is 43.1 Å². The Balaban J connectivity index is 1.51. The van der Waals surface area contributed by atoms with E-state index in [1.54, 1.807) is 0 Å². The van der Waals surface area contributed by atoms with E-state index in [9.17, 15) is 4.79 Å². The lowest BCUT2D eigenvalue weighted by Crippen LogP contribution is -2.48. The van der Waals surface area contributed by atoms with Crippen LogP contribution < -0.4 is 0 Å². The van der Waals surface area contributed by atoms with Gasteiger partial charge in [0.1, 0.15) is 5.76 Å². The van der Waals surface area contributed by atoms with Gasteiger partial charge in [0.2, 0.25) is 0 Å². The molecule has 2 fully saturated rings. The van der Waals surface area contributed by atoms with Crippen LogP contribution in [0.15, 0.2) is 10.6 Å². The van der Waals surface area contributed by atoms with E-state index in [1.165, 1.54) is 0 Å². The molecule has 0 spiro atoms. The second-order valence-electron chi connectivity index (χ2n) is 6.30. The molecule has 6 heteroatoms. The van der Waals surface area contributed by atoms with E-state index in [-0.39, 0.29) is 11.9 Å². The largest absolute Gasteiger partial charge is 0.361 e. The molecule has 0 unspecified atom stereocenters. The molecule has 1 aromatic rings. The zero-order valence-corrected chi connectivity index (χ0v) is 13.0. The average Bonchev–Trinajstić information content (AvgIpc) is 3.01. The number of aryl methyl sites for hydroxylation is 1. The Morgan fingerprint density at radius 1 is 1.23 bits per heavy atom. The standard InChI is InChI=1S/C16H22N4O2/c1-12-10-15(22-18-12)14-4-8-20(9-5-14)16(21)19-6-2-13(11-17)3-7-19/h10,13-14H,2-9H2,1H3. The van der Waals surface area contributed by atoms with Crippen LogP contribution in [0.25, 0.3) is 0 Å². The van der Waals surface area contributed by atoms with Crippen LogP contribution in [0.3, 0.4) is 0 Å². The molecule has 0 atom stereocenters. The van der Waals surface area contributed by atoms with Crippen molar-refractivity contribution in [1.82, 2.24) is 15.0 Å². The summed E-state index contributed by atoms with van der Waals surface area (Å²) in [7, 11) is 0. The molecule has 118 valence electrons. The first-order valence-corrected chi connectivity index (χ1v) is 8.04. The van der Waals surface area contributed by atoms with E-state index < -0.39 is 0 Å². The maximum absolute atomic E-state index is 12.5. The number of rotatable bonds is 1. The summed E-state index contributed by atoms with van der Waals surface area (Å²) in [4.78, 5) is 16.4. The number of nitriles is 1. The number of nitrogens with zero attached hydrogens (tertiary/aromatic N) is 4. The number of hydrogen-bond acceptors (Lipinski definition) is 4. The zero-order chi connectivity index (χ0) is 15.5. The molecule has 2 saturated heterocycles. The fourth-order valence-electron chi connectivity index (χ4n) is 3.33. The molecule has 2 aliphatic heterocycles. The lowest BCUT2D eigenvalue weighted by molar-refractivity contribution is 0.124. The average molecular weight is 302 g/mol. The van der Waals surface area contributed by atoms with Crippen molar-refractivity contribution in [2.45, 2.75) is 38.5 Å². The SMILES string of the molecule is Cc1cc(C2CCN(C(=O)N3CCC(C#N)CC3)CC2)on1. The minimum Gasteiger partial charge on any atom is -0.361 e. The molecule has 0 aromatic carbocycles. The van der Waals surface area contributed by atoms with Gasteiger partial charge in [-0.25, -0.2) is 4.79 Å². The maximum Gasteiger partial charge on any atom is 0.319 e. The molecule has 0 aliphatic carbocycles. The van der Waals surface area contributed by atoms with E-state index in [1.807, 2.05) is 22.8 Å². The summed E-state index contributed by atoms with van der Waals surface area (Å²) in [5.74, 6) is 1.43. The minimum atomic E-state index is 0.115. The molecule has 2 amide bonds. The fraction of sp³-hybridized carbons (Fsp3) is 0.688. The Labute approximate surface area is 130 Å². The van der Waals surface area contributed by atoms with Crippen LogP contribution >= 0.6 is 0 Å². The maximum atomic E-state index is 12.5. The Bertz CT molecular complexity index is 561. The molecular formula is C16H22N4O2. The van der Waals surface area contributed by atoms with E-state index in [0.717, 1.165) is 50.2 Å². The van der Waals surface area contributed by atoms with Gasteiger partial charge in [-0.05, 0) is 32.6 Å². The summed E-state index contributed by atoms with van der Waals surface area (Å²) < 4.78 is 5.35. The summed E-state index contributed by atoms with van der Waals surface area (Å²) >= 11 is 0. The summed E-state index contributed by atoms with van der Waals surface area (Å²) in [6.07, 6.45) is 3.45. The van der Waals surface area contributed by atoms with Crippen LogP contribution in [-0.2, 0) is 0 Å². The lowest BCUT2D eigenvalue weighted by atomic mass is 9.94. The zero-order valence-electron chi connectivity index (χ0n) is 13.0. The van der Waals surface area contributed by atoms with Crippen molar-refractivity contribution in [3.05, 3.63) is 17.5 Å². The number of carbonyl (C=O) groups excluding carboxylic acids is 1. The van der Waals surface area contributed by atoms with E-state index >= 15 is 0 Å². The van der Waals surface area contributed by atoms with Crippen molar-refractivity contribution in [2.24, 2.45) is 5.92 Å². The molecule has 0 saturated carbocycles. The Hall–Kier alpha value is -2.03. The highest BCUT2D eigenvalue weighted by Crippen LogP contribution is 2.29. The quantitative estimate of drug-likeness (QED) is 0.799. The van der Waals surface area contributed by atoms with Crippen molar-refractivity contribution >= 4 is 6.03 Å². The molecule has 0 radical (unpaired) electrons. The highest BCUT2D eigenvalue weighted by Gasteiger charge is 2.30. The summed E-state index contributed by atoms with van der Waals surface area (Å²) in [6, 6.07) is 4.42. The molecule has 0 bridgehead atoms. The molecule has 3 heterocycles. The molecule has 3 rings (SSSR count). The smallest absolute Gasteiger partial charge is 0.319 e. The summed E-state index contributed by atoms with van der Waals surface area (Å²) in [6.45, 7) is 4.87. The van der Waals surface area contributed by atoms with Gasteiger partial charge in [-0.3, -0.25) is 0 Å². The van der Waals surface area contributed by atoms with Gasteiger partial charge >= 0.3 is 6.03 Å². The number of aromatic nitrogens is 1. The molecule has 1 aromatic heterocycles. The van der Waals surface area contributed by atoms with Gasteiger partial charge in [0.05, 0.1) is 11.8 Å². The first-order chi connectivity index (χ1) is 10.7. The first-order valence-electron chi connectivity index (χ1n) is 8.04. The van der Waals surface area contributed by atoms with Crippen LogP contribution in [0.2, 0.25) is 0 Å². The monoisotopic (exact) mass is 302 g/mol. The van der Waals surface area contributed by atoms with Crippen LogP contribution in [0, 0.1) is 24.2 Å². The second kappa shape index (κ2) is 6.39. The second-order valence-corrected chi connectivity index (χ2v) is 6.30. The summed E-state index contributed by atoms with van der Waals surface area (Å²) in [5, 5.41) is 12.9. The number of amides is 2. The Morgan fingerprint density at radius 3 is 2.32 bits per heavy atom. The van der Waals surface area contributed by atoms with Crippen LogP contribution in [0.4, 0.5) is 4.79 Å². The van der Waals surface area contributed by atoms with Crippen molar-refractivity contribution in [1.29, 1.82) is 5.26 Å². The molecule has 0 N–H and O–H groups in total. The Kier molecular flexibility index (Phi) is 4.32. The number of likely N-dealkylation sites (tertiary alicyclic amines) is 2. The normalized spacial score (nSPS) is 20.9. The fourth-order valence-corrected chi connectivity index (χ4v) is 3.33. The van der Waals surface area contributed by atoms with Crippen molar-refractivity contribution in [2.75, 3.05) is 26.2 Å².